The second-order valence-electron chi connectivity index (χ2n) is 7.83. The maximum absolute atomic E-state index is 12.2. The summed E-state index contributed by atoms with van der Waals surface area (Å²) in [5, 5.41) is 0. The van der Waals surface area contributed by atoms with Crippen molar-refractivity contribution in [1.29, 1.82) is 0 Å². The zero-order chi connectivity index (χ0) is 20.1. The maximum atomic E-state index is 12.2. The van der Waals surface area contributed by atoms with E-state index in [4.69, 9.17) is 10.6 Å². The zero-order valence-electron chi connectivity index (χ0n) is 16.5. The molecule has 0 fully saturated rings. The molecule has 0 heterocycles. The first-order chi connectivity index (χ1) is 13.4. The predicted molar refractivity (Wildman–Crippen MR) is 113 cm³/mol. The van der Waals surface area contributed by atoms with Crippen LogP contribution in [0.25, 0.3) is 22.3 Å². The Morgan fingerprint density at radius 2 is 1.39 bits per heavy atom. The van der Waals surface area contributed by atoms with Crippen LogP contribution < -0.4 is 16.0 Å². The van der Waals surface area contributed by atoms with Crippen LogP contribution in [0.2, 0.25) is 0 Å². The van der Waals surface area contributed by atoms with E-state index in [1.165, 1.54) is 0 Å². The van der Waals surface area contributed by atoms with Gasteiger partial charge in [0.1, 0.15) is 5.75 Å². The topological polar surface area (TPSA) is 64.3 Å². The Kier molecular flexibility index (Phi) is 5.93. The Bertz CT molecular complexity index is 974. The number of carbonyl (C=O) groups is 1. The molecule has 0 aliphatic heterocycles. The minimum absolute atomic E-state index is 0.247. The lowest BCUT2D eigenvalue weighted by molar-refractivity contribution is -0.142. The quantitative estimate of drug-likeness (QED) is 0.287. The number of hydrazine groups is 1. The fourth-order valence-electron chi connectivity index (χ4n) is 2.86. The molecule has 0 amide bonds. The van der Waals surface area contributed by atoms with Gasteiger partial charge in [-0.05, 0) is 72.9 Å². The van der Waals surface area contributed by atoms with Crippen molar-refractivity contribution in [1.82, 2.24) is 5.43 Å². The molecular weight excluding hydrogens is 348 g/mol. The van der Waals surface area contributed by atoms with Crippen molar-refractivity contribution in [2.75, 3.05) is 0 Å². The Morgan fingerprint density at radius 3 is 2.00 bits per heavy atom. The highest BCUT2D eigenvalue weighted by Crippen LogP contribution is 2.29. The molecule has 0 saturated carbocycles. The van der Waals surface area contributed by atoms with Gasteiger partial charge in [0.25, 0.3) is 0 Å². The van der Waals surface area contributed by atoms with Gasteiger partial charge in [-0.3, -0.25) is 16.1 Å². The monoisotopic (exact) mass is 374 g/mol. The molecule has 0 aromatic heterocycles. The van der Waals surface area contributed by atoms with Gasteiger partial charge in [0.05, 0.1) is 5.41 Å². The fourth-order valence-corrected chi connectivity index (χ4v) is 2.86. The normalized spacial score (nSPS) is 11.3. The van der Waals surface area contributed by atoms with Gasteiger partial charge in [0.2, 0.25) is 0 Å². The molecule has 3 aromatic carbocycles. The van der Waals surface area contributed by atoms with E-state index in [1.54, 1.807) is 6.07 Å². The van der Waals surface area contributed by atoms with Crippen LogP contribution in [0.1, 0.15) is 26.3 Å². The smallest absolute Gasteiger partial charge is 0.316 e. The summed E-state index contributed by atoms with van der Waals surface area (Å²) in [6.07, 6.45) is 0. The molecule has 0 saturated heterocycles. The first kappa shape index (κ1) is 19.8. The SMILES string of the molecule is CC(C)(C)C(=O)Oc1cccc(-c2cccc(-c3cccc(CNN)c3)c2)c1. The number of nitrogens with one attached hydrogen (secondary N) is 1. The molecule has 3 aromatic rings. The number of carbonyl (C=O) groups excluding carboxylic acids is 1. The molecule has 3 rings (SSSR count). The molecule has 0 aliphatic rings. The third kappa shape index (κ3) is 4.85. The number of hydrogen-bond acceptors (Lipinski definition) is 4. The van der Waals surface area contributed by atoms with Gasteiger partial charge < -0.3 is 4.74 Å². The summed E-state index contributed by atoms with van der Waals surface area (Å²) in [5.41, 5.74) is 7.59. The van der Waals surface area contributed by atoms with Crippen molar-refractivity contribution in [3.05, 3.63) is 78.4 Å². The van der Waals surface area contributed by atoms with Gasteiger partial charge in [-0.15, -0.1) is 0 Å². The average molecular weight is 374 g/mol. The first-order valence-corrected chi connectivity index (χ1v) is 9.32. The lowest BCUT2D eigenvalue weighted by Gasteiger charge is -2.16. The molecule has 0 unspecified atom stereocenters. The molecule has 0 radical (unpaired) electrons. The summed E-state index contributed by atoms with van der Waals surface area (Å²) in [5.74, 6) is 5.75. The predicted octanol–water partition coefficient (Wildman–Crippen LogP) is 4.94. The van der Waals surface area contributed by atoms with E-state index in [1.807, 2.05) is 57.2 Å². The van der Waals surface area contributed by atoms with Crippen LogP contribution in [0, 0.1) is 5.41 Å². The third-order valence-corrected chi connectivity index (χ3v) is 4.42. The summed E-state index contributed by atoms with van der Waals surface area (Å²) >= 11 is 0. The van der Waals surface area contributed by atoms with Gasteiger partial charge >= 0.3 is 5.97 Å². The molecule has 0 atom stereocenters. The molecule has 0 spiro atoms. The second-order valence-corrected chi connectivity index (χ2v) is 7.83. The summed E-state index contributed by atoms with van der Waals surface area (Å²) in [7, 11) is 0. The number of rotatable bonds is 5. The van der Waals surface area contributed by atoms with E-state index in [-0.39, 0.29) is 5.97 Å². The molecule has 0 bridgehead atoms. The molecular formula is C24H26N2O2. The minimum atomic E-state index is -0.542. The molecule has 4 nitrogen and oxygen atoms in total. The van der Waals surface area contributed by atoms with Gasteiger partial charge in [-0.1, -0.05) is 48.5 Å². The van der Waals surface area contributed by atoms with Gasteiger partial charge in [0, 0.05) is 6.54 Å². The van der Waals surface area contributed by atoms with Gasteiger partial charge in [0.15, 0.2) is 0 Å². The highest BCUT2D eigenvalue weighted by molar-refractivity contribution is 5.79. The molecule has 28 heavy (non-hydrogen) atoms. The van der Waals surface area contributed by atoms with E-state index in [0.29, 0.717) is 12.3 Å². The lowest BCUT2D eigenvalue weighted by Crippen LogP contribution is -2.25. The number of esters is 1. The molecule has 144 valence electrons. The summed E-state index contributed by atoms with van der Waals surface area (Å²) < 4.78 is 5.54. The van der Waals surface area contributed by atoms with Crippen molar-refractivity contribution in [2.45, 2.75) is 27.3 Å². The standard InChI is InChI=1S/C24H26N2O2/c1-24(2,3)23(27)28-22-12-6-11-21(15-22)20-10-5-9-19(14-20)18-8-4-7-17(13-18)16-26-25/h4-15,26H,16,25H2,1-3H3. The summed E-state index contributed by atoms with van der Waals surface area (Å²) in [4.78, 5) is 12.2. The van der Waals surface area contributed by atoms with Crippen molar-refractivity contribution in [3.8, 4) is 28.0 Å². The van der Waals surface area contributed by atoms with Gasteiger partial charge in [-0.2, -0.15) is 0 Å². The van der Waals surface area contributed by atoms with Crippen LogP contribution >= 0.6 is 0 Å². The largest absolute Gasteiger partial charge is 0.426 e. The minimum Gasteiger partial charge on any atom is -0.426 e. The molecule has 3 N–H and O–H groups in total. The third-order valence-electron chi connectivity index (χ3n) is 4.42. The van der Waals surface area contributed by atoms with Crippen LogP contribution in [0.4, 0.5) is 0 Å². The lowest BCUT2D eigenvalue weighted by atomic mass is 9.97. The van der Waals surface area contributed by atoms with E-state index >= 15 is 0 Å². The Balaban J connectivity index is 1.89. The Hall–Kier alpha value is -2.95. The van der Waals surface area contributed by atoms with Crippen molar-refractivity contribution in [2.24, 2.45) is 11.3 Å². The average Bonchev–Trinajstić information content (AvgIpc) is 2.68. The van der Waals surface area contributed by atoms with E-state index in [0.717, 1.165) is 27.8 Å². The van der Waals surface area contributed by atoms with E-state index < -0.39 is 5.41 Å². The molecule has 4 heteroatoms. The highest BCUT2D eigenvalue weighted by Gasteiger charge is 2.23. The zero-order valence-corrected chi connectivity index (χ0v) is 16.5. The van der Waals surface area contributed by atoms with Crippen LogP contribution in [0.3, 0.4) is 0 Å². The van der Waals surface area contributed by atoms with Crippen LogP contribution in [0.15, 0.2) is 72.8 Å². The second kappa shape index (κ2) is 8.38. The number of nitrogens with two attached hydrogens (primary N) is 1. The summed E-state index contributed by atoms with van der Waals surface area (Å²) in [6, 6.07) is 24.2. The fraction of sp³-hybridized carbons (Fsp3) is 0.208. The van der Waals surface area contributed by atoms with Crippen LogP contribution in [-0.2, 0) is 11.3 Å². The van der Waals surface area contributed by atoms with Gasteiger partial charge in [-0.25, -0.2) is 0 Å². The Labute approximate surface area is 166 Å². The van der Waals surface area contributed by atoms with Crippen molar-refractivity contribution in [3.63, 3.8) is 0 Å². The number of benzene rings is 3. The van der Waals surface area contributed by atoms with Crippen LogP contribution in [-0.4, -0.2) is 5.97 Å². The maximum Gasteiger partial charge on any atom is 0.316 e. The van der Waals surface area contributed by atoms with Crippen molar-refractivity contribution < 1.29 is 9.53 Å². The molecule has 0 aliphatic carbocycles. The summed E-state index contributed by atoms with van der Waals surface area (Å²) in [6.45, 7) is 6.15. The first-order valence-electron chi connectivity index (χ1n) is 9.32. The van der Waals surface area contributed by atoms with Crippen LogP contribution in [0.5, 0.6) is 5.75 Å². The highest BCUT2D eigenvalue weighted by atomic mass is 16.5. The van der Waals surface area contributed by atoms with Crippen molar-refractivity contribution >= 4 is 5.97 Å². The van der Waals surface area contributed by atoms with E-state index in [9.17, 15) is 4.79 Å². The van der Waals surface area contributed by atoms with E-state index in [2.05, 4.69) is 35.8 Å². The number of hydrogen-bond donors (Lipinski definition) is 2. The number of ether oxygens (including phenoxy) is 1. The Morgan fingerprint density at radius 1 is 0.857 bits per heavy atom.